The van der Waals surface area contributed by atoms with Gasteiger partial charge in [-0.2, -0.15) is 5.10 Å². The van der Waals surface area contributed by atoms with Crippen LogP contribution in [0.1, 0.15) is 20.3 Å². The minimum absolute atomic E-state index is 0.0612. The van der Waals surface area contributed by atoms with Gasteiger partial charge >= 0.3 is 0 Å². The molecule has 176 valence electrons. The number of primary amides is 1. The highest BCUT2D eigenvalue weighted by molar-refractivity contribution is 6.44. The molecule has 0 saturated heterocycles. The number of hydrogen-bond acceptors (Lipinski definition) is 5. The second-order valence-corrected chi connectivity index (χ2v) is 8.09. The van der Waals surface area contributed by atoms with Crippen LogP contribution in [0.3, 0.4) is 0 Å². The third-order valence-corrected chi connectivity index (χ3v) is 5.97. The highest BCUT2D eigenvalue weighted by Crippen LogP contribution is 2.25. The minimum atomic E-state index is -0.719. The normalized spacial score (nSPS) is 15.3. The van der Waals surface area contributed by atoms with Gasteiger partial charge in [-0.15, -0.1) is 0 Å². The number of hydrazone groups is 1. The highest BCUT2D eigenvalue weighted by Gasteiger charge is 2.35. The number of para-hydroxylation sites is 1. The fourth-order valence-corrected chi connectivity index (χ4v) is 4.13. The van der Waals surface area contributed by atoms with Gasteiger partial charge in [0.25, 0.3) is 5.91 Å². The summed E-state index contributed by atoms with van der Waals surface area (Å²) in [5.41, 5.74) is 7.99. The van der Waals surface area contributed by atoms with Gasteiger partial charge < -0.3 is 20.5 Å². The number of nitrogens with two attached hydrogens (primary N) is 1. The molecule has 4 rings (SSSR count). The summed E-state index contributed by atoms with van der Waals surface area (Å²) in [6, 6.07) is 15.8. The lowest BCUT2D eigenvalue weighted by atomic mass is 10.1. The van der Waals surface area contributed by atoms with E-state index in [1.165, 1.54) is 5.01 Å². The Hall–Kier alpha value is -4.14. The number of nitrogens with zero attached hydrogens (tertiary/aromatic N) is 4. The highest BCUT2D eigenvalue weighted by atomic mass is 16.2. The van der Waals surface area contributed by atoms with Crippen molar-refractivity contribution in [3.05, 3.63) is 60.8 Å². The van der Waals surface area contributed by atoms with E-state index in [0.29, 0.717) is 24.5 Å². The van der Waals surface area contributed by atoms with Crippen LogP contribution in [0.5, 0.6) is 0 Å². The van der Waals surface area contributed by atoms with Crippen molar-refractivity contribution in [3.8, 4) is 0 Å². The van der Waals surface area contributed by atoms with E-state index in [1.54, 1.807) is 11.0 Å². The van der Waals surface area contributed by atoms with Crippen LogP contribution in [-0.4, -0.2) is 52.0 Å². The molecule has 0 saturated carbocycles. The summed E-state index contributed by atoms with van der Waals surface area (Å²) in [5.74, 6) is -0.872. The van der Waals surface area contributed by atoms with Crippen LogP contribution in [0.15, 0.2) is 65.9 Å². The summed E-state index contributed by atoms with van der Waals surface area (Å²) < 4.78 is 1.90. The van der Waals surface area contributed by atoms with Gasteiger partial charge in [0, 0.05) is 42.3 Å². The number of anilines is 2. The maximum Gasteiger partial charge on any atom is 0.271 e. The summed E-state index contributed by atoms with van der Waals surface area (Å²) in [7, 11) is 0. The van der Waals surface area contributed by atoms with E-state index in [9.17, 15) is 14.4 Å². The van der Waals surface area contributed by atoms with Crippen molar-refractivity contribution in [1.82, 2.24) is 9.47 Å². The first-order valence-electron chi connectivity index (χ1n) is 11.3. The Morgan fingerprint density at radius 1 is 1.09 bits per heavy atom. The average Bonchev–Trinajstić information content (AvgIpc) is 3.45. The van der Waals surface area contributed by atoms with Crippen molar-refractivity contribution in [2.75, 3.05) is 23.4 Å². The molecule has 1 aliphatic rings. The molecule has 0 spiro atoms. The topological polar surface area (TPSA) is 113 Å². The van der Waals surface area contributed by atoms with Gasteiger partial charge in [0.15, 0.2) is 0 Å². The monoisotopic (exact) mass is 460 g/mol. The van der Waals surface area contributed by atoms with Gasteiger partial charge in [0.2, 0.25) is 11.8 Å². The van der Waals surface area contributed by atoms with Crippen LogP contribution in [-0.2, 0) is 20.9 Å². The molecule has 3 amide bonds. The lowest BCUT2D eigenvalue weighted by Gasteiger charge is -2.20. The molecule has 0 bridgehead atoms. The molecule has 9 nitrogen and oxygen atoms in total. The number of hydrogen-bond donors (Lipinski definition) is 2. The molecule has 1 aliphatic heterocycles. The molecule has 34 heavy (non-hydrogen) atoms. The third-order valence-electron chi connectivity index (χ3n) is 5.97. The SMILES string of the molecule is CCN(CC)C(=O)Cn1ccc2cc(NC(=O)C3=NN(c4ccccc4)C(C(N)=O)C3)ccc21. The van der Waals surface area contributed by atoms with Crippen LogP contribution in [0.25, 0.3) is 10.9 Å². The van der Waals surface area contributed by atoms with Crippen molar-refractivity contribution in [2.24, 2.45) is 10.8 Å². The van der Waals surface area contributed by atoms with Crippen molar-refractivity contribution in [2.45, 2.75) is 32.9 Å². The van der Waals surface area contributed by atoms with E-state index in [2.05, 4.69) is 10.4 Å². The Labute approximate surface area is 197 Å². The maximum absolute atomic E-state index is 12.9. The van der Waals surface area contributed by atoms with Crippen molar-refractivity contribution in [1.29, 1.82) is 0 Å². The van der Waals surface area contributed by atoms with Gasteiger partial charge in [0.1, 0.15) is 18.3 Å². The van der Waals surface area contributed by atoms with E-state index in [4.69, 9.17) is 5.73 Å². The molecular weight excluding hydrogens is 432 g/mol. The second-order valence-electron chi connectivity index (χ2n) is 8.09. The Morgan fingerprint density at radius 3 is 2.50 bits per heavy atom. The molecular formula is C25H28N6O3. The number of amides is 3. The van der Waals surface area contributed by atoms with Gasteiger partial charge in [-0.25, -0.2) is 0 Å². The van der Waals surface area contributed by atoms with Crippen LogP contribution in [0, 0.1) is 0 Å². The van der Waals surface area contributed by atoms with Crippen molar-refractivity contribution >= 4 is 45.7 Å². The summed E-state index contributed by atoms with van der Waals surface area (Å²) in [4.78, 5) is 39.1. The number of fused-ring (bicyclic) bond motifs is 1. The maximum atomic E-state index is 12.9. The van der Waals surface area contributed by atoms with Crippen molar-refractivity contribution < 1.29 is 14.4 Å². The van der Waals surface area contributed by atoms with Gasteiger partial charge in [-0.05, 0) is 50.2 Å². The fourth-order valence-electron chi connectivity index (χ4n) is 4.13. The zero-order valence-corrected chi connectivity index (χ0v) is 19.3. The van der Waals surface area contributed by atoms with E-state index >= 15 is 0 Å². The quantitative estimate of drug-likeness (QED) is 0.538. The first-order chi connectivity index (χ1) is 16.4. The summed E-state index contributed by atoms with van der Waals surface area (Å²) in [5, 5.41) is 9.64. The second kappa shape index (κ2) is 9.78. The van der Waals surface area contributed by atoms with E-state index in [0.717, 1.165) is 10.9 Å². The number of rotatable bonds is 8. The molecule has 1 unspecified atom stereocenters. The third kappa shape index (κ3) is 4.63. The van der Waals surface area contributed by atoms with E-state index in [1.807, 2.05) is 73.1 Å². The Balaban J connectivity index is 1.50. The zero-order valence-electron chi connectivity index (χ0n) is 19.3. The number of likely N-dealkylation sites (N-methyl/N-ethyl adjacent to an activating group) is 1. The molecule has 1 aromatic heterocycles. The predicted octanol–water partition coefficient (Wildman–Crippen LogP) is 2.57. The smallest absolute Gasteiger partial charge is 0.271 e. The number of aromatic nitrogens is 1. The molecule has 2 heterocycles. The lowest BCUT2D eigenvalue weighted by Crippen LogP contribution is -2.39. The first kappa shape index (κ1) is 23.0. The van der Waals surface area contributed by atoms with Crippen LogP contribution in [0.2, 0.25) is 0 Å². The minimum Gasteiger partial charge on any atom is -0.368 e. The van der Waals surface area contributed by atoms with Crippen molar-refractivity contribution in [3.63, 3.8) is 0 Å². The Kier molecular flexibility index (Phi) is 6.62. The van der Waals surface area contributed by atoms with Gasteiger partial charge in [-0.1, -0.05) is 18.2 Å². The molecule has 2 aromatic carbocycles. The molecule has 0 aliphatic carbocycles. The summed E-state index contributed by atoms with van der Waals surface area (Å²) >= 11 is 0. The molecule has 3 N–H and O–H groups in total. The Bertz CT molecular complexity index is 1250. The number of carbonyl (C=O) groups is 3. The summed E-state index contributed by atoms with van der Waals surface area (Å²) in [6.45, 7) is 5.53. The zero-order chi connectivity index (χ0) is 24.2. The predicted molar refractivity (Wildman–Crippen MR) is 132 cm³/mol. The number of benzene rings is 2. The summed E-state index contributed by atoms with van der Waals surface area (Å²) in [6.07, 6.45) is 2.00. The van der Waals surface area contributed by atoms with Crippen LogP contribution in [0.4, 0.5) is 11.4 Å². The Morgan fingerprint density at radius 2 is 1.82 bits per heavy atom. The fraction of sp³-hybridized carbons (Fsp3) is 0.280. The molecule has 1 atom stereocenters. The van der Waals surface area contributed by atoms with Gasteiger partial charge in [0.05, 0.1) is 5.69 Å². The molecule has 0 radical (unpaired) electrons. The van der Waals surface area contributed by atoms with Crippen LogP contribution < -0.4 is 16.1 Å². The number of carbonyl (C=O) groups excluding carboxylic acids is 3. The molecule has 3 aromatic rings. The first-order valence-corrected chi connectivity index (χ1v) is 11.3. The molecule has 0 fully saturated rings. The lowest BCUT2D eigenvalue weighted by molar-refractivity contribution is -0.131. The van der Waals surface area contributed by atoms with E-state index in [-0.39, 0.29) is 30.5 Å². The standard InChI is InChI=1S/C25H28N6O3/c1-3-29(4-2)23(32)16-30-13-12-17-14-18(10-11-21(17)30)27-25(34)20-15-22(24(26)33)31(28-20)19-8-6-5-7-9-19/h5-14,22H,3-4,15-16H2,1-2H3,(H2,26,33)(H,27,34). The largest absolute Gasteiger partial charge is 0.368 e. The van der Waals surface area contributed by atoms with Gasteiger partial charge in [-0.3, -0.25) is 19.4 Å². The average molecular weight is 461 g/mol. The van der Waals surface area contributed by atoms with E-state index < -0.39 is 11.9 Å². The molecule has 9 heteroatoms. The van der Waals surface area contributed by atoms with Crippen LogP contribution >= 0.6 is 0 Å². The number of nitrogens with one attached hydrogen (secondary N) is 1.